The fourth-order valence-electron chi connectivity index (χ4n) is 1.57. The van der Waals surface area contributed by atoms with E-state index in [9.17, 15) is 4.79 Å². The van der Waals surface area contributed by atoms with Crippen LogP contribution in [0.1, 0.15) is 21.1 Å². The van der Waals surface area contributed by atoms with Gasteiger partial charge >= 0.3 is 0 Å². The van der Waals surface area contributed by atoms with Crippen molar-refractivity contribution in [3.05, 3.63) is 49.3 Å². The quantitative estimate of drug-likeness (QED) is 0.901. The second kappa shape index (κ2) is 6.50. The molecule has 0 aliphatic rings. The summed E-state index contributed by atoms with van der Waals surface area (Å²) in [7, 11) is 0. The Labute approximate surface area is 129 Å². The summed E-state index contributed by atoms with van der Waals surface area (Å²) in [6.45, 7) is 2.51. The molecule has 1 amide bonds. The van der Waals surface area contributed by atoms with Crippen molar-refractivity contribution in [1.29, 1.82) is 0 Å². The molecule has 2 rings (SSSR count). The van der Waals surface area contributed by atoms with E-state index in [0.717, 1.165) is 21.6 Å². The summed E-state index contributed by atoms with van der Waals surface area (Å²) in [5.41, 5.74) is 1.49. The van der Waals surface area contributed by atoms with Gasteiger partial charge in [-0.05, 0) is 25.1 Å². The first kappa shape index (κ1) is 14.5. The van der Waals surface area contributed by atoms with Crippen molar-refractivity contribution in [3.63, 3.8) is 0 Å². The molecule has 3 nitrogen and oxygen atoms in total. The van der Waals surface area contributed by atoms with Crippen molar-refractivity contribution in [2.75, 3.05) is 6.54 Å². The van der Waals surface area contributed by atoms with Crippen LogP contribution in [0.3, 0.4) is 0 Å². The highest BCUT2D eigenvalue weighted by Gasteiger charge is 2.10. The number of hydrogen-bond acceptors (Lipinski definition) is 3. The lowest BCUT2D eigenvalue weighted by molar-refractivity contribution is 0.0954. The van der Waals surface area contributed by atoms with Gasteiger partial charge in [0, 0.05) is 28.5 Å². The number of aromatic nitrogens is 1. The van der Waals surface area contributed by atoms with Crippen LogP contribution in [-0.4, -0.2) is 17.4 Å². The van der Waals surface area contributed by atoms with Gasteiger partial charge in [-0.2, -0.15) is 0 Å². The van der Waals surface area contributed by atoms with Crippen LogP contribution in [0, 0.1) is 6.92 Å². The van der Waals surface area contributed by atoms with Gasteiger partial charge in [-0.1, -0.05) is 27.5 Å². The van der Waals surface area contributed by atoms with E-state index in [1.165, 1.54) is 0 Å². The summed E-state index contributed by atoms with van der Waals surface area (Å²) in [6.07, 6.45) is 0.732. The summed E-state index contributed by atoms with van der Waals surface area (Å²) >= 11 is 10.9. The maximum Gasteiger partial charge on any atom is 0.252 e. The molecule has 0 spiro atoms. The molecule has 1 N–H and O–H groups in total. The SMILES string of the molecule is Cc1csc(CCNC(=O)c2cc(Br)ccc2Cl)n1. The molecule has 0 radical (unpaired) electrons. The smallest absolute Gasteiger partial charge is 0.252 e. The Morgan fingerprint density at radius 2 is 2.32 bits per heavy atom. The minimum absolute atomic E-state index is 0.167. The topological polar surface area (TPSA) is 42.0 Å². The van der Waals surface area contributed by atoms with Crippen molar-refractivity contribution in [1.82, 2.24) is 10.3 Å². The fraction of sp³-hybridized carbons (Fsp3) is 0.231. The first-order valence-corrected chi connectivity index (χ1v) is 7.75. The molecule has 0 aliphatic heterocycles. The van der Waals surface area contributed by atoms with Gasteiger partial charge in [0.05, 0.1) is 15.6 Å². The van der Waals surface area contributed by atoms with Gasteiger partial charge in [-0.15, -0.1) is 11.3 Å². The highest BCUT2D eigenvalue weighted by Crippen LogP contribution is 2.20. The van der Waals surface area contributed by atoms with E-state index in [2.05, 4.69) is 26.2 Å². The zero-order chi connectivity index (χ0) is 13.8. The monoisotopic (exact) mass is 358 g/mol. The Balaban J connectivity index is 1.92. The van der Waals surface area contributed by atoms with Gasteiger partial charge in [-0.3, -0.25) is 4.79 Å². The Hall–Kier alpha value is -0.910. The van der Waals surface area contributed by atoms with Crippen LogP contribution >= 0.6 is 38.9 Å². The number of halogens is 2. The second-order valence-electron chi connectivity index (χ2n) is 4.01. The summed E-state index contributed by atoms with van der Waals surface area (Å²) < 4.78 is 0.831. The number of amides is 1. The van der Waals surface area contributed by atoms with Crippen LogP contribution in [0.15, 0.2) is 28.1 Å². The molecule has 0 atom stereocenters. The average molecular weight is 360 g/mol. The molecule has 6 heteroatoms. The van der Waals surface area contributed by atoms with Crippen molar-refractivity contribution < 1.29 is 4.79 Å². The minimum atomic E-state index is -0.167. The zero-order valence-corrected chi connectivity index (χ0v) is 13.4. The van der Waals surface area contributed by atoms with Gasteiger partial charge in [0.25, 0.3) is 5.91 Å². The van der Waals surface area contributed by atoms with Gasteiger partial charge < -0.3 is 5.32 Å². The highest BCUT2D eigenvalue weighted by molar-refractivity contribution is 9.10. The fourth-order valence-corrected chi connectivity index (χ4v) is 2.91. The van der Waals surface area contributed by atoms with Gasteiger partial charge in [0.15, 0.2) is 0 Å². The van der Waals surface area contributed by atoms with E-state index in [1.807, 2.05) is 12.3 Å². The molecule has 2 aromatic rings. The molecule has 1 heterocycles. The first-order chi connectivity index (χ1) is 9.06. The van der Waals surface area contributed by atoms with Crippen LogP contribution in [0.25, 0.3) is 0 Å². The van der Waals surface area contributed by atoms with E-state index in [4.69, 9.17) is 11.6 Å². The highest BCUT2D eigenvalue weighted by atomic mass is 79.9. The van der Waals surface area contributed by atoms with Crippen molar-refractivity contribution >= 4 is 44.8 Å². The number of rotatable bonds is 4. The number of nitrogens with zero attached hydrogens (tertiary/aromatic N) is 1. The normalized spacial score (nSPS) is 10.5. The lowest BCUT2D eigenvalue weighted by Crippen LogP contribution is -2.26. The van der Waals surface area contributed by atoms with Crippen LogP contribution in [0.2, 0.25) is 5.02 Å². The predicted octanol–water partition coefficient (Wildman–Crippen LogP) is 3.84. The minimum Gasteiger partial charge on any atom is -0.352 e. The zero-order valence-electron chi connectivity index (χ0n) is 10.2. The lowest BCUT2D eigenvalue weighted by Gasteiger charge is -2.06. The molecule has 1 aromatic carbocycles. The Morgan fingerprint density at radius 3 is 3.00 bits per heavy atom. The van der Waals surface area contributed by atoms with E-state index in [1.54, 1.807) is 29.5 Å². The third-order valence-electron chi connectivity index (χ3n) is 2.46. The van der Waals surface area contributed by atoms with E-state index >= 15 is 0 Å². The molecular formula is C13H12BrClN2OS. The molecule has 0 fully saturated rings. The molecule has 100 valence electrons. The van der Waals surface area contributed by atoms with Crippen molar-refractivity contribution in [2.45, 2.75) is 13.3 Å². The molecule has 0 unspecified atom stereocenters. The standard InChI is InChI=1S/C13H12BrClN2OS/c1-8-7-19-12(17-8)4-5-16-13(18)10-6-9(14)2-3-11(10)15/h2-3,6-7H,4-5H2,1H3,(H,16,18). The predicted molar refractivity (Wildman–Crippen MR) is 82.0 cm³/mol. The maximum absolute atomic E-state index is 12.0. The summed E-state index contributed by atoms with van der Waals surface area (Å²) in [5, 5.41) is 6.33. The van der Waals surface area contributed by atoms with Crippen molar-refractivity contribution in [3.8, 4) is 0 Å². The van der Waals surface area contributed by atoms with Crippen LogP contribution in [0.5, 0.6) is 0 Å². The van der Waals surface area contributed by atoms with Crippen LogP contribution < -0.4 is 5.32 Å². The van der Waals surface area contributed by atoms with Crippen LogP contribution in [0.4, 0.5) is 0 Å². The molecule has 0 saturated heterocycles. The third kappa shape index (κ3) is 4.03. The Kier molecular flexibility index (Phi) is 4.96. The number of carbonyl (C=O) groups is 1. The number of nitrogens with one attached hydrogen (secondary N) is 1. The van der Waals surface area contributed by atoms with Gasteiger partial charge in [0.2, 0.25) is 0 Å². The number of hydrogen-bond donors (Lipinski definition) is 1. The number of benzene rings is 1. The number of aryl methyl sites for hydroxylation is 1. The van der Waals surface area contributed by atoms with Gasteiger partial charge in [0.1, 0.15) is 0 Å². The lowest BCUT2D eigenvalue weighted by atomic mass is 10.2. The largest absolute Gasteiger partial charge is 0.352 e. The van der Waals surface area contributed by atoms with E-state index in [-0.39, 0.29) is 5.91 Å². The summed E-state index contributed by atoms with van der Waals surface area (Å²) in [6, 6.07) is 5.22. The molecule has 0 bridgehead atoms. The Bertz CT molecular complexity index is 600. The van der Waals surface area contributed by atoms with Gasteiger partial charge in [-0.25, -0.2) is 4.98 Å². The van der Waals surface area contributed by atoms with E-state index in [0.29, 0.717) is 17.1 Å². The molecule has 0 saturated carbocycles. The molecular weight excluding hydrogens is 348 g/mol. The molecule has 19 heavy (non-hydrogen) atoms. The maximum atomic E-state index is 12.0. The number of carbonyl (C=O) groups excluding carboxylic acids is 1. The summed E-state index contributed by atoms with van der Waals surface area (Å²) in [4.78, 5) is 16.3. The van der Waals surface area contributed by atoms with Crippen molar-refractivity contribution in [2.24, 2.45) is 0 Å². The second-order valence-corrected chi connectivity index (χ2v) is 6.28. The molecule has 1 aromatic heterocycles. The molecule has 0 aliphatic carbocycles. The third-order valence-corrected chi connectivity index (χ3v) is 4.31. The Morgan fingerprint density at radius 1 is 1.53 bits per heavy atom. The number of thiazole rings is 1. The van der Waals surface area contributed by atoms with Crippen LogP contribution in [-0.2, 0) is 6.42 Å². The first-order valence-electron chi connectivity index (χ1n) is 5.70. The average Bonchev–Trinajstić information content (AvgIpc) is 2.78. The van der Waals surface area contributed by atoms with E-state index < -0.39 is 0 Å². The summed E-state index contributed by atoms with van der Waals surface area (Å²) in [5.74, 6) is -0.167.